The van der Waals surface area contributed by atoms with Crippen molar-refractivity contribution in [3.63, 3.8) is 0 Å². The highest BCUT2D eigenvalue weighted by Crippen LogP contribution is 2.25. The van der Waals surface area contributed by atoms with Gasteiger partial charge in [-0.1, -0.05) is 6.92 Å². The Bertz CT molecular complexity index is 326. The number of aliphatic hydroxyl groups is 1. The molecule has 1 fully saturated rings. The molecule has 1 aromatic rings. The zero-order chi connectivity index (χ0) is 11.4. The van der Waals surface area contributed by atoms with E-state index in [2.05, 4.69) is 22.0 Å². The largest absolute Gasteiger partial charge is 0.396 e. The fraction of sp³-hybridized carbons (Fsp3) is 0.667. The number of hydrogen-bond donors (Lipinski definition) is 1. The van der Waals surface area contributed by atoms with Crippen molar-refractivity contribution in [1.82, 2.24) is 10.2 Å². The minimum atomic E-state index is 0.252. The summed E-state index contributed by atoms with van der Waals surface area (Å²) < 4.78 is 0. The van der Waals surface area contributed by atoms with E-state index in [0.717, 1.165) is 37.3 Å². The van der Waals surface area contributed by atoms with Crippen LogP contribution in [0.5, 0.6) is 0 Å². The number of nitrogens with zero attached hydrogens (tertiary/aromatic N) is 3. The first-order valence-corrected chi connectivity index (χ1v) is 6.05. The second-order valence-electron chi connectivity index (χ2n) is 4.24. The first-order valence-electron chi connectivity index (χ1n) is 6.05. The zero-order valence-electron chi connectivity index (χ0n) is 9.76. The minimum absolute atomic E-state index is 0.252. The Kier molecular flexibility index (Phi) is 3.72. The van der Waals surface area contributed by atoms with Gasteiger partial charge >= 0.3 is 0 Å². The lowest BCUT2D eigenvalue weighted by Crippen LogP contribution is -2.30. The van der Waals surface area contributed by atoms with Crippen LogP contribution in [0, 0.1) is 0 Å². The molecule has 0 amide bonds. The summed E-state index contributed by atoms with van der Waals surface area (Å²) in [5.41, 5.74) is 1.03. The maximum Gasteiger partial charge on any atom is 0.151 e. The third-order valence-corrected chi connectivity index (χ3v) is 3.20. The Morgan fingerprint density at radius 3 is 2.94 bits per heavy atom. The predicted molar refractivity (Wildman–Crippen MR) is 63.5 cm³/mol. The summed E-state index contributed by atoms with van der Waals surface area (Å²) in [5, 5.41) is 17.5. The molecule has 16 heavy (non-hydrogen) atoms. The lowest BCUT2D eigenvalue weighted by Gasteiger charge is -2.24. The molecule has 0 saturated carbocycles. The molecule has 0 aliphatic carbocycles. The molecule has 2 heterocycles. The molecule has 1 unspecified atom stereocenters. The fourth-order valence-corrected chi connectivity index (χ4v) is 2.28. The summed E-state index contributed by atoms with van der Waals surface area (Å²) in [7, 11) is 0. The third kappa shape index (κ3) is 2.32. The van der Waals surface area contributed by atoms with Crippen LogP contribution < -0.4 is 4.90 Å². The molecule has 2 rings (SSSR count). The van der Waals surface area contributed by atoms with E-state index in [4.69, 9.17) is 5.11 Å². The molecule has 1 saturated heterocycles. The maximum atomic E-state index is 9.01. The van der Waals surface area contributed by atoms with Crippen LogP contribution in [0.15, 0.2) is 12.1 Å². The summed E-state index contributed by atoms with van der Waals surface area (Å²) in [6, 6.07) is 4.52. The monoisotopic (exact) mass is 221 g/mol. The first kappa shape index (κ1) is 11.3. The second kappa shape index (κ2) is 5.25. The third-order valence-electron chi connectivity index (χ3n) is 3.20. The number of rotatable bonds is 4. The van der Waals surface area contributed by atoms with Gasteiger partial charge in [0.15, 0.2) is 5.82 Å². The molecular formula is C12H19N3O. The molecule has 88 valence electrons. The molecule has 4 nitrogen and oxygen atoms in total. The van der Waals surface area contributed by atoms with Crippen LogP contribution in [0.2, 0.25) is 0 Å². The van der Waals surface area contributed by atoms with Gasteiger partial charge in [0.25, 0.3) is 0 Å². The number of aromatic nitrogens is 2. The van der Waals surface area contributed by atoms with E-state index in [1.165, 1.54) is 6.42 Å². The molecule has 1 aliphatic rings. The Labute approximate surface area is 96.3 Å². The van der Waals surface area contributed by atoms with E-state index in [0.29, 0.717) is 6.04 Å². The highest BCUT2D eigenvalue weighted by Gasteiger charge is 2.25. The van der Waals surface area contributed by atoms with Gasteiger partial charge in [0.2, 0.25) is 0 Å². The molecule has 1 aliphatic heterocycles. The van der Waals surface area contributed by atoms with Crippen molar-refractivity contribution >= 4 is 5.82 Å². The lowest BCUT2D eigenvalue weighted by molar-refractivity contribution is 0.275. The van der Waals surface area contributed by atoms with Crippen LogP contribution >= 0.6 is 0 Å². The van der Waals surface area contributed by atoms with E-state index in [1.807, 2.05) is 12.1 Å². The first-order chi connectivity index (χ1) is 7.85. The van der Waals surface area contributed by atoms with Crippen molar-refractivity contribution < 1.29 is 5.11 Å². The Morgan fingerprint density at radius 2 is 2.31 bits per heavy atom. The van der Waals surface area contributed by atoms with Crippen LogP contribution in [-0.4, -0.2) is 34.5 Å². The second-order valence-corrected chi connectivity index (χ2v) is 4.24. The van der Waals surface area contributed by atoms with Gasteiger partial charge in [0, 0.05) is 19.2 Å². The van der Waals surface area contributed by atoms with Gasteiger partial charge < -0.3 is 10.0 Å². The summed E-state index contributed by atoms with van der Waals surface area (Å²) in [4.78, 5) is 2.27. The predicted octanol–water partition coefficient (Wildman–Crippen LogP) is 1.39. The summed E-state index contributed by atoms with van der Waals surface area (Å²) in [5.74, 6) is 0.952. The van der Waals surface area contributed by atoms with Gasteiger partial charge in [-0.15, -0.1) is 5.10 Å². The fourth-order valence-electron chi connectivity index (χ4n) is 2.28. The average molecular weight is 221 g/mol. The molecular weight excluding hydrogens is 202 g/mol. The lowest BCUT2D eigenvalue weighted by atomic mass is 10.1. The Balaban J connectivity index is 2.09. The van der Waals surface area contributed by atoms with E-state index in [-0.39, 0.29) is 6.61 Å². The minimum Gasteiger partial charge on any atom is -0.396 e. The smallest absolute Gasteiger partial charge is 0.151 e. The molecule has 1 aromatic heterocycles. The molecule has 1 N–H and O–H groups in total. The van der Waals surface area contributed by atoms with Crippen LogP contribution in [0.1, 0.15) is 31.9 Å². The van der Waals surface area contributed by atoms with Crippen LogP contribution in [0.25, 0.3) is 0 Å². The van der Waals surface area contributed by atoms with E-state index >= 15 is 0 Å². The van der Waals surface area contributed by atoms with Crippen LogP contribution in [-0.2, 0) is 6.42 Å². The van der Waals surface area contributed by atoms with Crippen molar-refractivity contribution in [3.05, 3.63) is 17.8 Å². The van der Waals surface area contributed by atoms with Gasteiger partial charge in [0.1, 0.15) is 0 Å². The van der Waals surface area contributed by atoms with Crippen molar-refractivity contribution in [3.8, 4) is 0 Å². The molecule has 0 spiro atoms. The molecule has 1 atom stereocenters. The topological polar surface area (TPSA) is 49.2 Å². The highest BCUT2D eigenvalue weighted by molar-refractivity contribution is 5.40. The maximum absolute atomic E-state index is 9.01. The number of hydrogen-bond acceptors (Lipinski definition) is 4. The van der Waals surface area contributed by atoms with E-state index in [9.17, 15) is 0 Å². The van der Waals surface area contributed by atoms with Gasteiger partial charge in [-0.05, 0) is 37.8 Å². The molecule has 0 bridgehead atoms. The van der Waals surface area contributed by atoms with E-state index < -0.39 is 0 Å². The summed E-state index contributed by atoms with van der Waals surface area (Å²) in [6.07, 6.45) is 4.09. The molecule has 0 radical (unpaired) electrons. The van der Waals surface area contributed by atoms with Crippen LogP contribution in [0.4, 0.5) is 5.82 Å². The van der Waals surface area contributed by atoms with Crippen molar-refractivity contribution in [2.75, 3.05) is 18.1 Å². The van der Waals surface area contributed by atoms with Gasteiger partial charge in [-0.25, -0.2) is 0 Å². The van der Waals surface area contributed by atoms with Gasteiger partial charge in [-0.2, -0.15) is 5.10 Å². The van der Waals surface area contributed by atoms with Crippen molar-refractivity contribution in [2.24, 2.45) is 0 Å². The summed E-state index contributed by atoms with van der Waals surface area (Å²) >= 11 is 0. The van der Waals surface area contributed by atoms with Crippen LogP contribution in [0.3, 0.4) is 0 Å². The van der Waals surface area contributed by atoms with Crippen molar-refractivity contribution in [2.45, 2.75) is 38.6 Å². The summed E-state index contributed by atoms with van der Waals surface area (Å²) in [6.45, 7) is 3.36. The molecule has 0 aromatic carbocycles. The Hall–Kier alpha value is -1.16. The number of aliphatic hydroxyl groups excluding tert-OH is 1. The van der Waals surface area contributed by atoms with E-state index in [1.54, 1.807) is 0 Å². The highest BCUT2D eigenvalue weighted by atomic mass is 16.3. The number of aryl methyl sites for hydroxylation is 1. The standard InChI is InChI=1S/C12H19N3O/c1-2-10-5-6-12(14-13-10)15-8-3-4-11(15)7-9-16/h5-6,11,16H,2-4,7-9H2,1H3. The van der Waals surface area contributed by atoms with Gasteiger partial charge in [0.05, 0.1) is 5.69 Å². The van der Waals surface area contributed by atoms with Gasteiger partial charge in [-0.3, -0.25) is 0 Å². The average Bonchev–Trinajstić information content (AvgIpc) is 2.78. The molecule has 4 heteroatoms. The van der Waals surface area contributed by atoms with Crippen molar-refractivity contribution in [1.29, 1.82) is 0 Å². The zero-order valence-corrected chi connectivity index (χ0v) is 9.76. The normalized spacial score (nSPS) is 20.4. The number of anilines is 1. The SMILES string of the molecule is CCc1ccc(N2CCCC2CCO)nn1. The Morgan fingerprint density at radius 1 is 1.44 bits per heavy atom. The quantitative estimate of drug-likeness (QED) is 0.834.